The van der Waals surface area contributed by atoms with Gasteiger partial charge in [-0.3, -0.25) is 29.7 Å². The van der Waals surface area contributed by atoms with E-state index in [0.717, 1.165) is 6.20 Å². The highest BCUT2D eigenvalue weighted by Crippen LogP contribution is 2.12. The second-order valence-electron chi connectivity index (χ2n) is 4.28. The highest BCUT2D eigenvalue weighted by molar-refractivity contribution is 5.94. The molecule has 0 aliphatic carbocycles. The van der Waals surface area contributed by atoms with Gasteiger partial charge in [-0.25, -0.2) is 0 Å². The molecule has 0 saturated heterocycles. The van der Waals surface area contributed by atoms with Crippen LogP contribution in [0.15, 0.2) is 36.7 Å². The normalized spacial score (nSPS) is 10.2. The summed E-state index contributed by atoms with van der Waals surface area (Å²) >= 11 is 0. The number of rotatable bonds is 6. The van der Waals surface area contributed by atoms with E-state index < -0.39 is 15.8 Å². The van der Waals surface area contributed by atoms with E-state index in [2.05, 4.69) is 10.4 Å². The molecule has 1 amide bonds. The molecule has 2 aromatic rings. The lowest BCUT2D eigenvalue weighted by Gasteiger charge is -2.05. The predicted molar refractivity (Wildman–Crippen MR) is 74.3 cm³/mol. The molecule has 1 aromatic carbocycles. The van der Waals surface area contributed by atoms with E-state index in [1.165, 1.54) is 35.1 Å². The minimum Gasteiger partial charge on any atom is -0.350 e. The lowest BCUT2D eigenvalue weighted by atomic mass is 10.2. The molecule has 2 rings (SSSR count). The largest absolute Gasteiger partial charge is 0.350 e. The van der Waals surface area contributed by atoms with Crippen molar-refractivity contribution in [3.8, 4) is 0 Å². The highest BCUT2D eigenvalue weighted by Gasteiger charge is 2.12. The monoisotopic (exact) mass is 305 g/mol. The first-order valence-corrected chi connectivity index (χ1v) is 6.17. The van der Waals surface area contributed by atoms with E-state index in [1.807, 2.05) is 0 Å². The third-order valence-electron chi connectivity index (χ3n) is 2.78. The van der Waals surface area contributed by atoms with Gasteiger partial charge < -0.3 is 5.32 Å². The van der Waals surface area contributed by atoms with E-state index in [9.17, 15) is 25.0 Å². The van der Waals surface area contributed by atoms with Crippen LogP contribution in [0.2, 0.25) is 0 Å². The second kappa shape index (κ2) is 6.43. The number of hydrogen-bond donors (Lipinski definition) is 1. The average Bonchev–Trinajstić information content (AvgIpc) is 2.96. The van der Waals surface area contributed by atoms with Crippen LogP contribution in [0.1, 0.15) is 10.4 Å². The maximum atomic E-state index is 11.9. The van der Waals surface area contributed by atoms with Gasteiger partial charge in [-0.2, -0.15) is 5.10 Å². The lowest BCUT2D eigenvalue weighted by molar-refractivity contribution is -0.385. The van der Waals surface area contributed by atoms with Gasteiger partial charge in [0.15, 0.2) is 0 Å². The van der Waals surface area contributed by atoms with Crippen LogP contribution in [-0.2, 0) is 6.54 Å². The fourth-order valence-corrected chi connectivity index (χ4v) is 1.72. The second-order valence-corrected chi connectivity index (χ2v) is 4.28. The summed E-state index contributed by atoms with van der Waals surface area (Å²) in [6.45, 7) is 0.425. The SMILES string of the molecule is O=C(NCCn1cc([N+](=O)[O-])cn1)c1cccc([N+](=O)[O-])c1. The molecule has 0 aliphatic heterocycles. The maximum absolute atomic E-state index is 11.9. The molecule has 0 unspecified atom stereocenters. The summed E-state index contributed by atoms with van der Waals surface area (Å²) in [6.07, 6.45) is 2.36. The highest BCUT2D eigenvalue weighted by atomic mass is 16.6. The van der Waals surface area contributed by atoms with Gasteiger partial charge >= 0.3 is 5.69 Å². The zero-order chi connectivity index (χ0) is 16.1. The molecule has 10 heteroatoms. The van der Waals surface area contributed by atoms with Crippen LogP contribution in [-0.4, -0.2) is 32.1 Å². The first-order valence-electron chi connectivity index (χ1n) is 6.17. The minimum atomic E-state index is -0.584. The summed E-state index contributed by atoms with van der Waals surface area (Å²) in [7, 11) is 0. The fourth-order valence-electron chi connectivity index (χ4n) is 1.72. The summed E-state index contributed by atoms with van der Waals surface area (Å²) in [5.41, 5.74) is -0.138. The molecule has 0 radical (unpaired) electrons. The molecule has 0 saturated carbocycles. The van der Waals surface area contributed by atoms with Crippen LogP contribution < -0.4 is 5.32 Å². The summed E-state index contributed by atoms with van der Waals surface area (Å²) in [4.78, 5) is 31.8. The van der Waals surface area contributed by atoms with E-state index in [4.69, 9.17) is 0 Å². The van der Waals surface area contributed by atoms with Crippen LogP contribution >= 0.6 is 0 Å². The molecule has 114 valence electrons. The maximum Gasteiger partial charge on any atom is 0.306 e. The Hall–Kier alpha value is -3.30. The molecule has 0 fully saturated rings. The molecule has 1 heterocycles. The molecule has 1 aromatic heterocycles. The Morgan fingerprint density at radius 3 is 2.59 bits per heavy atom. The van der Waals surface area contributed by atoms with Gasteiger partial charge in [0.25, 0.3) is 11.6 Å². The number of nitro groups is 2. The first-order chi connectivity index (χ1) is 10.5. The Morgan fingerprint density at radius 2 is 1.95 bits per heavy atom. The van der Waals surface area contributed by atoms with Gasteiger partial charge in [0.1, 0.15) is 12.4 Å². The van der Waals surface area contributed by atoms with E-state index >= 15 is 0 Å². The number of aromatic nitrogens is 2. The number of non-ortho nitro benzene ring substituents is 1. The van der Waals surface area contributed by atoms with Crippen LogP contribution in [0.4, 0.5) is 11.4 Å². The zero-order valence-corrected chi connectivity index (χ0v) is 11.2. The number of carbonyl (C=O) groups is 1. The predicted octanol–water partition coefficient (Wildman–Crippen LogP) is 1.13. The third kappa shape index (κ3) is 3.62. The number of nitro benzene ring substituents is 1. The van der Waals surface area contributed by atoms with Gasteiger partial charge in [0.05, 0.1) is 16.4 Å². The average molecular weight is 305 g/mol. The number of hydrogen-bond acceptors (Lipinski definition) is 6. The summed E-state index contributed by atoms with van der Waals surface area (Å²) in [5.74, 6) is -0.467. The number of benzene rings is 1. The lowest BCUT2D eigenvalue weighted by Crippen LogP contribution is -2.27. The van der Waals surface area contributed by atoms with Crippen molar-refractivity contribution in [2.75, 3.05) is 6.54 Å². The van der Waals surface area contributed by atoms with Crippen molar-refractivity contribution < 1.29 is 14.6 Å². The molecule has 0 atom stereocenters. The molecule has 0 spiro atoms. The molecule has 0 aliphatic rings. The zero-order valence-electron chi connectivity index (χ0n) is 11.2. The van der Waals surface area contributed by atoms with Gasteiger partial charge in [-0.15, -0.1) is 0 Å². The first kappa shape index (κ1) is 15.1. The standard InChI is InChI=1S/C12H11N5O5/c18-12(9-2-1-3-10(6-9)16(19)20)13-4-5-15-8-11(7-14-15)17(21)22/h1-3,6-8H,4-5H2,(H,13,18). The van der Waals surface area contributed by atoms with Crippen molar-refractivity contribution in [2.45, 2.75) is 6.54 Å². The van der Waals surface area contributed by atoms with Gasteiger partial charge in [0.2, 0.25) is 0 Å². The molecule has 1 N–H and O–H groups in total. The van der Waals surface area contributed by atoms with Gasteiger partial charge in [0, 0.05) is 24.2 Å². The Balaban J connectivity index is 1.91. The minimum absolute atomic E-state index is 0.134. The molecule has 22 heavy (non-hydrogen) atoms. The summed E-state index contributed by atoms with van der Waals surface area (Å²) in [6, 6.07) is 5.35. The number of amides is 1. The summed E-state index contributed by atoms with van der Waals surface area (Å²) < 4.78 is 1.33. The van der Waals surface area contributed by atoms with Gasteiger partial charge in [-0.05, 0) is 6.07 Å². The van der Waals surface area contributed by atoms with Crippen molar-refractivity contribution in [1.82, 2.24) is 15.1 Å². The smallest absolute Gasteiger partial charge is 0.306 e. The summed E-state index contributed by atoms with van der Waals surface area (Å²) in [5, 5.41) is 27.5. The van der Waals surface area contributed by atoms with Crippen molar-refractivity contribution in [1.29, 1.82) is 0 Å². The number of carbonyl (C=O) groups excluding carboxylic acids is 1. The number of nitrogens with one attached hydrogen (secondary N) is 1. The molecular formula is C12H11N5O5. The van der Waals surface area contributed by atoms with E-state index in [1.54, 1.807) is 0 Å². The van der Waals surface area contributed by atoms with Crippen molar-refractivity contribution in [2.24, 2.45) is 0 Å². The third-order valence-corrected chi connectivity index (χ3v) is 2.78. The quantitative estimate of drug-likeness (QED) is 0.628. The van der Waals surface area contributed by atoms with Crippen LogP contribution in [0.3, 0.4) is 0 Å². The van der Waals surface area contributed by atoms with Gasteiger partial charge in [-0.1, -0.05) is 6.07 Å². The van der Waals surface area contributed by atoms with Crippen molar-refractivity contribution >= 4 is 17.3 Å². The molecular weight excluding hydrogens is 294 g/mol. The van der Waals surface area contributed by atoms with Crippen LogP contribution in [0.25, 0.3) is 0 Å². The number of nitrogens with zero attached hydrogens (tertiary/aromatic N) is 4. The Bertz CT molecular complexity index is 726. The Labute approximate surface area is 123 Å². The fraction of sp³-hybridized carbons (Fsp3) is 0.167. The van der Waals surface area contributed by atoms with Crippen LogP contribution in [0.5, 0.6) is 0 Å². The van der Waals surface area contributed by atoms with Crippen molar-refractivity contribution in [3.63, 3.8) is 0 Å². The van der Waals surface area contributed by atoms with Crippen LogP contribution in [0, 0.1) is 20.2 Å². The Morgan fingerprint density at radius 1 is 1.23 bits per heavy atom. The van der Waals surface area contributed by atoms with Crippen molar-refractivity contribution in [3.05, 3.63) is 62.5 Å². The molecule has 10 nitrogen and oxygen atoms in total. The molecule has 0 bridgehead atoms. The topological polar surface area (TPSA) is 133 Å². The van der Waals surface area contributed by atoms with E-state index in [-0.39, 0.29) is 30.0 Å². The van der Waals surface area contributed by atoms with E-state index in [0.29, 0.717) is 0 Å². The Kier molecular flexibility index (Phi) is 4.41.